The van der Waals surface area contributed by atoms with Crippen molar-refractivity contribution in [3.05, 3.63) is 311 Å². The normalized spacial score (nSPS) is 18.6. The highest BCUT2D eigenvalue weighted by Crippen LogP contribution is 2.46. The maximum atomic E-state index is 14.9. The zero-order chi connectivity index (χ0) is 98.6. The summed E-state index contributed by atoms with van der Waals surface area (Å²) in [6.07, 6.45) is 12.8. The fourth-order valence-corrected chi connectivity index (χ4v) is 19.9. The molecule has 0 radical (unpaired) electrons. The summed E-state index contributed by atoms with van der Waals surface area (Å²) in [6, 6.07) is 62.8. The minimum Gasteiger partial charge on any atom is -0.403 e. The number of unbranched alkanes of at least 4 members (excludes halogenated alkanes) is 3. The topological polar surface area (TPSA) is 36.9 Å². The van der Waals surface area contributed by atoms with Gasteiger partial charge in [-0.15, -0.1) is 52.7 Å². The van der Waals surface area contributed by atoms with Crippen molar-refractivity contribution in [3.8, 4) is 112 Å². The monoisotopic (exact) mass is 1920 g/mol. The molecule has 0 unspecified atom stereocenters. The van der Waals surface area contributed by atoms with Crippen LogP contribution in [0.3, 0.4) is 0 Å². The number of hydrogen-bond acceptors (Lipinski definition) is 4. The molecule has 0 aliphatic heterocycles. The Bertz CT molecular complexity index is 5930. The highest BCUT2D eigenvalue weighted by Gasteiger charge is 2.37. The average Bonchev–Trinajstić information content (AvgIpc) is 0.808. The van der Waals surface area contributed by atoms with Crippen LogP contribution in [0.4, 0.5) is 87.8 Å². The standard InChI is InChI=1S/C30H31F5O.C29H29F5O.C28H27F5O.C27H25F5O/c1-2-3-4-5-20-6-8-21(9-7-20)22-10-12-23(13-11-22)24-14-16-26(27(31)18-24)25-15-17-29(28(32)19-25)36-30(33,34)35;1-2-3-4-19-5-7-20(8-6-19)21-9-11-22(12-10-21)23-13-15-25(26(30)17-23)24-14-16-28(27(31)18-24)35-29(32,33)34;1-2-3-18-4-6-19(7-5-18)20-8-10-21(11-9-20)22-12-14-24(25(29)16-22)23-13-15-27(26(30)17-23)34-28(31,32)33;1-2-17-3-5-18(6-4-17)19-7-9-20(10-8-19)21-11-13-23(24(28)15-21)22-12-14-26(25(29)16-22)33-27(30,31)32/h10-21H,2-9H2,1H3;9-20H,2-8H2,1H3;8-19H,2-7H2,1H3;7-18H,2-6H2,1H3. The second kappa shape index (κ2) is 47.4. The van der Waals surface area contributed by atoms with Crippen LogP contribution >= 0.6 is 0 Å². The van der Waals surface area contributed by atoms with Crippen molar-refractivity contribution in [2.45, 2.75) is 244 Å². The van der Waals surface area contributed by atoms with Crippen LogP contribution in [0.2, 0.25) is 0 Å². The molecular formula is C114H112F20O4. The van der Waals surface area contributed by atoms with E-state index in [0.717, 1.165) is 94.5 Å². The Kier molecular flexibility index (Phi) is 35.7. The first kappa shape index (κ1) is 104. The van der Waals surface area contributed by atoms with Gasteiger partial charge >= 0.3 is 25.4 Å². The molecule has 16 rings (SSSR count). The van der Waals surface area contributed by atoms with Crippen LogP contribution in [-0.2, 0) is 0 Å². The van der Waals surface area contributed by atoms with Gasteiger partial charge in [-0.2, -0.15) is 0 Å². The smallest absolute Gasteiger partial charge is 0.403 e. The summed E-state index contributed by atoms with van der Waals surface area (Å²) in [5, 5.41) is 0. The van der Waals surface area contributed by atoms with Crippen LogP contribution in [0, 0.1) is 70.2 Å². The van der Waals surface area contributed by atoms with Gasteiger partial charge in [-0.1, -0.05) is 262 Å². The van der Waals surface area contributed by atoms with E-state index in [1.54, 1.807) is 24.3 Å². The van der Waals surface area contributed by atoms with Crippen molar-refractivity contribution in [1.82, 2.24) is 0 Å². The van der Waals surface area contributed by atoms with Crippen LogP contribution < -0.4 is 18.9 Å². The number of rotatable bonds is 26. The molecule has 12 aromatic carbocycles. The average molecular weight is 1930 g/mol. The summed E-state index contributed by atoms with van der Waals surface area (Å²) >= 11 is 0. The first-order valence-electron chi connectivity index (χ1n) is 47.8. The Morgan fingerprint density at radius 1 is 0.203 bits per heavy atom. The largest absolute Gasteiger partial charge is 0.573 e. The third-order valence-electron chi connectivity index (χ3n) is 27.5. The molecule has 732 valence electrons. The van der Waals surface area contributed by atoms with E-state index in [1.165, 1.54) is 262 Å². The van der Waals surface area contributed by atoms with Crippen molar-refractivity contribution >= 4 is 0 Å². The van der Waals surface area contributed by atoms with Crippen LogP contribution in [-0.4, -0.2) is 25.4 Å². The van der Waals surface area contributed by atoms with Crippen LogP contribution in [0.25, 0.3) is 89.0 Å². The van der Waals surface area contributed by atoms with Gasteiger partial charge < -0.3 is 18.9 Å². The lowest BCUT2D eigenvalue weighted by Crippen LogP contribution is -2.17. The third kappa shape index (κ3) is 29.3. The fraction of sp³-hybridized carbons (Fsp3) is 0.368. The molecule has 4 aliphatic carbocycles. The molecule has 0 saturated heterocycles. The zero-order valence-corrected chi connectivity index (χ0v) is 77.3. The summed E-state index contributed by atoms with van der Waals surface area (Å²) < 4.78 is 278. The predicted octanol–water partition coefficient (Wildman–Crippen LogP) is 37.9. The van der Waals surface area contributed by atoms with E-state index in [-0.39, 0.29) is 44.5 Å². The highest BCUT2D eigenvalue weighted by atomic mass is 19.4. The van der Waals surface area contributed by atoms with Crippen molar-refractivity contribution < 1.29 is 107 Å². The van der Waals surface area contributed by atoms with Crippen LogP contribution in [0.1, 0.15) is 241 Å². The van der Waals surface area contributed by atoms with Gasteiger partial charge in [0.05, 0.1) is 0 Å². The highest BCUT2D eigenvalue weighted by molar-refractivity contribution is 5.76. The van der Waals surface area contributed by atoms with E-state index < -0.39 is 95.0 Å². The fourth-order valence-electron chi connectivity index (χ4n) is 19.9. The van der Waals surface area contributed by atoms with Gasteiger partial charge in [-0.3, -0.25) is 0 Å². The second-order valence-corrected chi connectivity index (χ2v) is 36.7. The number of alkyl halides is 12. The molecule has 138 heavy (non-hydrogen) atoms. The van der Waals surface area contributed by atoms with E-state index in [4.69, 9.17) is 0 Å². The quantitative estimate of drug-likeness (QED) is 0.0400. The second-order valence-electron chi connectivity index (χ2n) is 36.7. The Balaban J connectivity index is 0.000000155. The molecule has 24 heteroatoms. The van der Waals surface area contributed by atoms with Crippen LogP contribution in [0.15, 0.2) is 243 Å². The third-order valence-corrected chi connectivity index (χ3v) is 27.5. The van der Waals surface area contributed by atoms with Gasteiger partial charge in [-0.05, 0) is 312 Å². The van der Waals surface area contributed by atoms with E-state index in [0.29, 0.717) is 45.9 Å². The molecular weight excluding hydrogens is 1810 g/mol. The molecule has 0 atom stereocenters. The maximum absolute atomic E-state index is 14.9. The molecule has 4 saturated carbocycles. The Morgan fingerprint density at radius 3 is 0.609 bits per heavy atom. The minimum atomic E-state index is -5.00. The number of benzene rings is 12. The van der Waals surface area contributed by atoms with Gasteiger partial charge in [0.2, 0.25) is 0 Å². The molecule has 0 N–H and O–H groups in total. The summed E-state index contributed by atoms with van der Waals surface area (Å²) in [5.74, 6) is -5.30. The van der Waals surface area contributed by atoms with E-state index >= 15 is 0 Å². The molecule has 0 aromatic heterocycles. The molecule has 0 heterocycles. The summed E-state index contributed by atoms with van der Waals surface area (Å²) in [7, 11) is 0. The number of ether oxygens (including phenoxy) is 4. The lowest BCUT2D eigenvalue weighted by atomic mass is 9.77. The first-order chi connectivity index (χ1) is 65.9. The molecule has 12 aromatic rings. The first-order valence-corrected chi connectivity index (χ1v) is 47.8. The summed E-state index contributed by atoms with van der Waals surface area (Å²) in [6.45, 7) is 8.96. The lowest BCUT2D eigenvalue weighted by Gasteiger charge is -2.29. The van der Waals surface area contributed by atoms with Gasteiger partial charge in [0.15, 0.2) is 46.3 Å². The molecule has 4 nitrogen and oxygen atoms in total. The summed E-state index contributed by atoms with van der Waals surface area (Å²) in [5.41, 5.74) is 12.4. The molecule has 0 spiro atoms. The molecule has 0 amide bonds. The van der Waals surface area contributed by atoms with Crippen LogP contribution in [0.5, 0.6) is 23.0 Å². The summed E-state index contributed by atoms with van der Waals surface area (Å²) in [4.78, 5) is 0. The molecule has 4 fully saturated rings. The Hall–Kier alpha value is -11.6. The number of halogens is 20. The predicted molar refractivity (Wildman–Crippen MR) is 503 cm³/mol. The van der Waals surface area contributed by atoms with E-state index in [9.17, 15) is 87.8 Å². The molecule has 4 aliphatic rings. The van der Waals surface area contributed by atoms with Crippen molar-refractivity contribution in [3.63, 3.8) is 0 Å². The molecule has 0 bridgehead atoms. The number of hydrogen-bond donors (Lipinski definition) is 0. The lowest BCUT2D eigenvalue weighted by molar-refractivity contribution is -0.276. The van der Waals surface area contributed by atoms with Crippen molar-refractivity contribution in [1.29, 1.82) is 0 Å². The Morgan fingerprint density at radius 2 is 0.406 bits per heavy atom. The van der Waals surface area contributed by atoms with Gasteiger partial charge in [0.25, 0.3) is 0 Å². The van der Waals surface area contributed by atoms with Gasteiger partial charge in [0, 0.05) is 22.3 Å². The van der Waals surface area contributed by atoms with Gasteiger partial charge in [0.1, 0.15) is 23.3 Å². The SMILES string of the molecule is CCC1CCC(c2ccc(-c3ccc(-c4ccc(OC(F)(F)F)c(F)c4)c(F)c3)cc2)CC1.CCCC1CCC(c2ccc(-c3ccc(-c4ccc(OC(F)(F)F)c(F)c4)c(F)c3)cc2)CC1.CCCCC1CCC(c2ccc(-c3ccc(-c4ccc(OC(F)(F)F)c(F)c4)c(F)c3)cc2)CC1.CCCCCC1CCC(c2ccc(-c3ccc(-c4ccc(OC(F)(F)F)c(F)c4)c(F)c3)cc2)CC1. The Labute approximate surface area is 793 Å². The van der Waals surface area contributed by atoms with E-state index in [2.05, 4.69) is 95.2 Å². The van der Waals surface area contributed by atoms with Crippen molar-refractivity contribution in [2.24, 2.45) is 23.7 Å². The van der Waals surface area contributed by atoms with Gasteiger partial charge in [-0.25, -0.2) is 35.1 Å². The van der Waals surface area contributed by atoms with Crippen molar-refractivity contribution in [2.75, 3.05) is 0 Å². The minimum absolute atomic E-state index is 0.0977. The van der Waals surface area contributed by atoms with E-state index in [1.807, 2.05) is 48.5 Å². The zero-order valence-electron chi connectivity index (χ0n) is 77.3. The maximum Gasteiger partial charge on any atom is 0.573 e.